The highest BCUT2D eigenvalue weighted by Crippen LogP contribution is 2.29. The van der Waals surface area contributed by atoms with Gasteiger partial charge in [0.2, 0.25) is 0 Å². The van der Waals surface area contributed by atoms with Crippen molar-refractivity contribution in [2.75, 3.05) is 19.0 Å². The molecule has 2 rings (SSSR count). The fourth-order valence-electron chi connectivity index (χ4n) is 1.95. The van der Waals surface area contributed by atoms with Gasteiger partial charge in [0.15, 0.2) is 12.4 Å². The van der Waals surface area contributed by atoms with Crippen LogP contribution in [0.2, 0.25) is 10.0 Å². The second-order valence-electron chi connectivity index (χ2n) is 4.89. The molecule has 0 aliphatic carbocycles. The van der Waals surface area contributed by atoms with E-state index in [9.17, 15) is 19.7 Å². The van der Waals surface area contributed by atoms with E-state index in [0.717, 1.165) is 13.2 Å². The van der Waals surface area contributed by atoms with E-state index in [1.54, 1.807) is 6.07 Å². The molecule has 2 aromatic carbocycles. The lowest BCUT2D eigenvalue weighted by Gasteiger charge is -2.10. The van der Waals surface area contributed by atoms with Gasteiger partial charge in [-0.3, -0.25) is 14.9 Å². The molecule has 0 atom stereocenters. The third-order valence-electron chi connectivity index (χ3n) is 3.14. The minimum absolute atomic E-state index is 0.0102. The highest BCUT2D eigenvalue weighted by atomic mass is 35.5. The smallest absolute Gasteiger partial charge is 0.338 e. The van der Waals surface area contributed by atoms with Crippen LogP contribution in [0, 0.1) is 10.1 Å². The van der Waals surface area contributed by atoms with E-state index in [-0.39, 0.29) is 16.3 Å². The molecule has 1 N–H and O–H groups in total. The average Bonchev–Trinajstić information content (AvgIpc) is 2.61. The molecule has 0 saturated carbocycles. The summed E-state index contributed by atoms with van der Waals surface area (Å²) < 4.78 is 9.70. The molecule has 0 saturated heterocycles. The molecule has 0 aliphatic heterocycles. The van der Waals surface area contributed by atoms with Gasteiger partial charge in [-0.05, 0) is 30.3 Å². The third kappa shape index (κ3) is 4.84. The van der Waals surface area contributed by atoms with E-state index >= 15 is 0 Å². The van der Waals surface area contributed by atoms with Gasteiger partial charge >= 0.3 is 11.7 Å². The van der Waals surface area contributed by atoms with Crippen LogP contribution in [0.3, 0.4) is 0 Å². The van der Waals surface area contributed by atoms with E-state index in [4.69, 9.17) is 27.9 Å². The van der Waals surface area contributed by atoms with Crippen LogP contribution < -0.4 is 10.1 Å². The van der Waals surface area contributed by atoms with Gasteiger partial charge in [-0.25, -0.2) is 4.79 Å². The summed E-state index contributed by atoms with van der Waals surface area (Å²) in [5, 5.41) is 14.3. The number of amides is 1. The van der Waals surface area contributed by atoms with Crippen molar-refractivity contribution in [2.24, 2.45) is 0 Å². The monoisotopic (exact) mass is 398 g/mol. The van der Waals surface area contributed by atoms with Crippen molar-refractivity contribution in [1.82, 2.24) is 0 Å². The van der Waals surface area contributed by atoms with Crippen LogP contribution in [0.1, 0.15) is 10.4 Å². The fourth-order valence-corrected chi connectivity index (χ4v) is 2.40. The van der Waals surface area contributed by atoms with Crippen LogP contribution >= 0.6 is 23.2 Å². The van der Waals surface area contributed by atoms with Crippen molar-refractivity contribution in [3.8, 4) is 5.75 Å². The van der Waals surface area contributed by atoms with E-state index in [1.807, 2.05) is 0 Å². The zero-order valence-corrected chi connectivity index (χ0v) is 14.8. The minimum Gasteiger partial charge on any atom is -0.477 e. The Morgan fingerprint density at radius 2 is 1.92 bits per heavy atom. The Balaban J connectivity index is 2.09. The highest BCUT2D eigenvalue weighted by molar-refractivity contribution is 6.36. The van der Waals surface area contributed by atoms with Crippen molar-refractivity contribution >= 4 is 46.5 Å². The summed E-state index contributed by atoms with van der Waals surface area (Å²) in [6.45, 7) is -0.503. The first kappa shape index (κ1) is 19.5. The second-order valence-corrected chi connectivity index (χ2v) is 5.74. The fraction of sp³-hybridized carbons (Fsp3) is 0.125. The Bertz CT molecular complexity index is 872. The van der Waals surface area contributed by atoms with Crippen LogP contribution in [0.5, 0.6) is 5.75 Å². The van der Waals surface area contributed by atoms with Crippen molar-refractivity contribution in [3.05, 3.63) is 62.1 Å². The van der Waals surface area contributed by atoms with Crippen molar-refractivity contribution in [2.45, 2.75) is 0 Å². The molecule has 0 heterocycles. The predicted molar refractivity (Wildman–Crippen MR) is 95.0 cm³/mol. The van der Waals surface area contributed by atoms with Gasteiger partial charge in [-0.1, -0.05) is 23.2 Å². The molecule has 0 aliphatic rings. The number of anilines is 1. The molecule has 0 bridgehead atoms. The number of ether oxygens (including phenoxy) is 2. The molecule has 0 unspecified atom stereocenters. The quantitative estimate of drug-likeness (QED) is 0.451. The summed E-state index contributed by atoms with van der Waals surface area (Å²) in [5.74, 6) is -1.48. The highest BCUT2D eigenvalue weighted by Gasteiger charge is 2.20. The molecule has 0 aromatic heterocycles. The molecule has 8 nitrogen and oxygen atoms in total. The SMILES string of the molecule is COC(=O)c1ccc(OCC(=O)Nc2ccc(Cl)cc2Cl)c([N+](=O)[O-])c1. The number of nitrogens with one attached hydrogen (secondary N) is 1. The number of nitrogens with zero attached hydrogens (tertiary/aromatic N) is 1. The molecule has 0 radical (unpaired) electrons. The lowest BCUT2D eigenvalue weighted by molar-refractivity contribution is -0.385. The Labute approximate surface area is 157 Å². The Hall–Kier alpha value is -2.84. The van der Waals surface area contributed by atoms with Gasteiger partial charge in [0.25, 0.3) is 5.91 Å². The number of benzene rings is 2. The molecular formula is C16H12Cl2N2O6. The van der Waals surface area contributed by atoms with Gasteiger partial charge < -0.3 is 14.8 Å². The number of hydrogen-bond donors (Lipinski definition) is 1. The van der Waals surface area contributed by atoms with Gasteiger partial charge in [0.05, 0.1) is 28.3 Å². The van der Waals surface area contributed by atoms with Crippen molar-refractivity contribution in [3.63, 3.8) is 0 Å². The number of nitro groups is 1. The molecule has 0 spiro atoms. The summed E-state index contributed by atoms with van der Waals surface area (Å²) in [7, 11) is 1.16. The summed E-state index contributed by atoms with van der Waals surface area (Å²) in [6.07, 6.45) is 0. The lowest BCUT2D eigenvalue weighted by atomic mass is 10.2. The molecule has 0 fully saturated rings. The van der Waals surface area contributed by atoms with Crippen molar-refractivity contribution < 1.29 is 24.0 Å². The molecular weight excluding hydrogens is 387 g/mol. The van der Waals surface area contributed by atoms with E-state index in [0.29, 0.717) is 10.7 Å². The molecule has 1 amide bonds. The second kappa shape index (κ2) is 8.50. The molecule has 136 valence electrons. The minimum atomic E-state index is -0.727. The Morgan fingerprint density at radius 3 is 2.54 bits per heavy atom. The molecule has 10 heteroatoms. The molecule has 2 aromatic rings. The summed E-state index contributed by atoms with van der Waals surface area (Å²) in [6, 6.07) is 8.02. The standard InChI is InChI=1S/C16H12Cl2N2O6/c1-25-16(22)9-2-5-14(13(6-9)20(23)24)26-8-15(21)19-12-4-3-10(17)7-11(12)18/h2-7H,8H2,1H3,(H,19,21). The normalized spacial score (nSPS) is 10.1. The summed E-state index contributed by atoms with van der Waals surface area (Å²) in [5.41, 5.74) is -0.158. The first-order valence-electron chi connectivity index (χ1n) is 7.06. The predicted octanol–water partition coefficient (Wildman–Crippen LogP) is 3.71. The van der Waals surface area contributed by atoms with Crippen LogP contribution in [0.15, 0.2) is 36.4 Å². The largest absolute Gasteiger partial charge is 0.477 e. The van der Waals surface area contributed by atoms with Crippen LogP contribution in [-0.2, 0) is 9.53 Å². The van der Waals surface area contributed by atoms with Gasteiger partial charge in [0, 0.05) is 11.1 Å². The maximum atomic E-state index is 12.0. The lowest BCUT2D eigenvalue weighted by Crippen LogP contribution is -2.20. The first-order valence-corrected chi connectivity index (χ1v) is 7.82. The van der Waals surface area contributed by atoms with E-state index in [2.05, 4.69) is 10.1 Å². The first-order chi connectivity index (χ1) is 12.3. The van der Waals surface area contributed by atoms with Crippen molar-refractivity contribution in [1.29, 1.82) is 0 Å². The van der Waals surface area contributed by atoms with E-state index in [1.165, 1.54) is 24.3 Å². The third-order valence-corrected chi connectivity index (χ3v) is 3.69. The van der Waals surface area contributed by atoms with Crippen LogP contribution in [0.4, 0.5) is 11.4 Å². The Kier molecular flexibility index (Phi) is 6.37. The van der Waals surface area contributed by atoms with Crippen LogP contribution in [-0.4, -0.2) is 30.5 Å². The topological polar surface area (TPSA) is 108 Å². The maximum absolute atomic E-state index is 12.0. The zero-order chi connectivity index (χ0) is 19.3. The Morgan fingerprint density at radius 1 is 1.19 bits per heavy atom. The number of rotatable bonds is 6. The summed E-state index contributed by atoms with van der Waals surface area (Å²) in [4.78, 5) is 33.8. The number of nitro benzene ring substituents is 1. The maximum Gasteiger partial charge on any atom is 0.338 e. The number of carbonyl (C=O) groups is 2. The number of methoxy groups -OCH3 is 1. The van der Waals surface area contributed by atoms with Gasteiger partial charge in [0.1, 0.15) is 0 Å². The van der Waals surface area contributed by atoms with Crippen LogP contribution in [0.25, 0.3) is 0 Å². The number of esters is 1. The summed E-state index contributed by atoms with van der Waals surface area (Å²) >= 11 is 11.7. The van der Waals surface area contributed by atoms with Gasteiger partial charge in [-0.2, -0.15) is 0 Å². The number of carbonyl (C=O) groups excluding carboxylic acids is 2. The average molecular weight is 399 g/mol. The van der Waals surface area contributed by atoms with Gasteiger partial charge in [-0.15, -0.1) is 0 Å². The zero-order valence-electron chi connectivity index (χ0n) is 13.3. The number of hydrogen-bond acceptors (Lipinski definition) is 6. The molecule has 26 heavy (non-hydrogen) atoms. The van der Waals surface area contributed by atoms with E-state index < -0.39 is 29.1 Å². The number of halogens is 2.